The molecule has 6 rings (SSSR count). The number of para-hydroxylation sites is 1. The van der Waals surface area contributed by atoms with Crippen molar-refractivity contribution in [2.75, 3.05) is 11.5 Å². The van der Waals surface area contributed by atoms with E-state index in [4.69, 9.17) is 4.74 Å². The van der Waals surface area contributed by atoms with E-state index in [-0.39, 0.29) is 29.9 Å². The van der Waals surface area contributed by atoms with Crippen molar-refractivity contribution in [3.63, 3.8) is 0 Å². The molecule has 224 valence electrons. The minimum absolute atomic E-state index is 0.0850. The van der Waals surface area contributed by atoms with Crippen molar-refractivity contribution in [1.82, 2.24) is 15.0 Å². The number of aryl methyl sites for hydroxylation is 1. The Morgan fingerprint density at radius 2 is 1.84 bits per heavy atom. The molecule has 2 aliphatic rings. The lowest BCUT2D eigenvalue weighted by Crippen LogP contribution is -2.45. The first-order valence-electron chi connectivity index (χ1n) is 14.7. The third-order valence-electron chi connectivity index (χ3n) is 9.04. The van der Waals surface area contributed by atoms with E-state index in [1.165, 1.54) is 0 Å². The Bertz CT molecular complexity index is 1610. The molecule has 1 unspecified atom stereocenters. The van der Waals surface area contributed by atoms with Crippen LogP contribution in [0.4, 0.5) is 9.80 Å². The van der Waals surface area contributed by atoms with Crippen LogP contribution in [0.2, 0.25) is 18.6 Å². The number of ether oxygens (including phenoxy) is 1. The van der Waals surface area contributed by atoms with Crippen LogP contribution in [-0.2, 0) is 28.2 Å². The second-order valence-electron chi connectivity index (χ2n) is 12.2. The number of nitrogens with zero attached hydrogens (tertiary/aromatic N) is 4. The van der Waals surface area contributed by atoms with Crippen LogP contribution < -0.4 is 4.90 Å². The van der Waals surface area contributed by atoms with Crippen molar-refractivity contribution < 1.29 is 18.7 Å². The number of fused-ring (bicyclic) bond motifs is 2. The molecule has 3 aromatic carbocycles. The van der Waals surface area contributed by atoms with Gasteiger partial charge in [-0.2, -0.15) is 0 Å². The van der Waals surface area contributed by atoms with Crippen LogP contribution in [0.3, 0.4) is 0 Å². The first-order valence-corrected chi connectivity index (χ1v) is 18.8. The van der Waals surface area contributed by atoms with Gasteiger partial charge in [0.2, 0.25) is 8.41 Å². The monoisotopic (exact) mass is 710 g/mol. The number of aliphatic hydroxyl groups is 1. The van der Waals surface area contributed by atoms with Crippen molar-refractivity contribution in [2.24, 2.45) is 5.92 Å². The van der Waals surface area contributed by atoms with Gasteiger partial charge in [0, 0.05) is 33.3 Å². The van der Waals surface area contributed by atoms with Gasteiger partial charge in [0.15, 0.2) is 5.60 Å². The zero-order valence-electron chi connectivity index (χ0n) is 24.5. The minimum Gasteiger partial charge on any atom is -0.395 e. The summed E-state index contributed by atoms with van der Waals surface area (Å²) in [6.45, 7) is 6.22. The van der Waals surface area contributed by atoms with Gasteiger partial charge in [-0.3, -0.25) is 9.48 Å². The molecule has 0 bridgehead atoms. The topological polar surface area (TPSA) is 80.5 Å². The Hall–Kier alpha value is -2.93. The van der Waals surface area contributed by atoms with Gasteiger partial charge in [-0.15, -0.1) is 5.10 Å². The molecule has 1 fully saturated rings. The smallest absolute Gasteiger partial charge is 0.264 e. The number of hydrogen-bond donors (Lipinski definition) is 1. The number of aliphatic hydroxyl groups excluding tert-OH is 1. The van der Waals surface area contributed by atoms with Gasteiger partial charge in [-0.05, 0) is 71.4 Å². The van der Waals surface area contributed by atoms with Gasteiger partial charge >= 0.3 is 0 Å². The zero-order chi connectivity index (χ0) is 30.4. The molecule has 2 aliphatic heterocycles. The molecular formula is C33H36FIN4O3Si. The number of amides is 1. The van der Waals surface area contributed by atoms with Crippen LogP contribution >= 0.6 is 22.6 Å². The Labute approximate surface area is 266 Å². The lowest BCUT2D eigenvalue weighted by atomic mass is 9.82. The number of carbonyl (C=O) groups excluding carboxylic acids is 1. The molecule has 1 amide bonds. The molecule has 7 nitrogen and oxygen atoms in total. The lowest BCUT2D eigenvalue weighted by molar-refractivity contribution is -0.146. The number of benzene rings is 3. The summed E-state index contributed by atoms with van der Waals surface area (Å²) in [5.41, 5.74) is 2.68. The number of carbonyl (C=O) groups is 1. The summed E-state index contributed by atoms with van der Waals surface area (Å²) >= 11 is 2.28. The Kier molecular flexibility index (Phi) is 8.31. The molecule has 43 heavy (non-hydrogen) atoms. The first-order chi connectivity index (χ1) is 20.6. The van der Waals surface area contributed by atoms with Crippen molar-refractivity contribution >= 4 is 42.6 Å². The predicted octanol–water partition coefficient (Wildman–Crippen LogP) is 6.42. The molecule has 0 radical (unpaired) electrons. The maximum absolute atomic E-state index is 16.2. The average Bonchev–Trinajstić information content (AvgIpc) is 3.64. The number of rotatable bonds is 9. The van der Waals surface area contributed by atoms with E-state index in [1.54, 1.807) is 17.8 Å². The largest absolute Gasteiger partial charge is 0.395 e. The van der Waals surface area contributed by atoms with Gasteiger partial charge in [0.25, 0.3) is 5.91 Å². The SMILES string of the molecule is C[C@@H]1[C@@H]([Si](C)(C)F)[C@H](CCn2cc(C(CO)c3ccccc3)nn2)O[C@@]12C(=O)N(Cc1cccc(I)c1)c1ccccc12. The number of anilines is 1. The summed E-state index contributed by atoms with van der Waals surface area (Å²) in [5.74, 6) is -0.748. The number of hydrogen-bond acceptors (Lipinski definition) is 5. The van der Waals surface area contributed by atoms with Gasteiger partial charge in [-0.1, -0.05) is 72.8 Å². The van der Waals surface area contributed by atoms with Gasteiger partial charge in [-0.25, -0.2) is 0 Å². The number of aromatic nitrogens is 3. The van der Waals surface area contributed by atoms with E-state index >= 15 is 4.11 Å². The zero-order valence-corrected chi connectivity index (χ0v) is 27.7. The highest BCUT2D eigenvalue weighted by Gasteiger charge is 2.66. The fraction of sp³-hybridized carbons (Fsp3) is 0.364. The summed E-state index contributed by atoms with van der Waals surface area (Å²) in [5, 5.41) is 18.7. The van der Waals surface area contributed by atoms with Crippen molar-refractivity contribution in [3.8, 4) is 0 Å². The molecule has 1 spiro atoms. The summed E-state index contributed by atoms with van der Waals surface area (Å²) in [6, 6.07) is 25.7. The highest BCUT2D eigenvalue weighted by Crippen LogP contribution is 2.60. The van der Waals surface area contributed by atoms with Crippen LogP contribution in [-0.4, -0.2) is 47.1 Å². The Morgan fingerprint density at radius 3 is 2.56 bits per heavy atom. The number of halogens is 2. The predicted molar refractivity (Wildman–Crippen MR) is 175 cm³/mol. The molecular weight excluding hydrogens is 674 g/mol. The molecule has 5 atom stereocenters. The fourth-order valence-corrected chi connectivity index (χ4v) is 10.3. The molecule has 1 saturated heterocycles. The van der Waals surface area contributed by atoms with Crippen LogP contribution in [0.25, 0.3) is 0 Å². The van der Waals surface area contributed by atoms with E-state index in [0.717, 1.165) is 25.9 Å². The summed E-state index contributed by atoms with van der Waals surface area (Å²) < 4.78 is 25.9. The molecule has 1 N–H and O–H groups in total. The van der Waals surface area contributed by atoms with E-state index in [1.807, 2.05) is 90.8 Å². The van der Waals surface area contributed by atoms with Gasteiger partial charge in [0.1, 0.15) is 0 Å². The normalized spacial score (nSPS) is 24.1. The quantitative estimate of drug-likeness (QED) is 0.123. The van der Waals surface area contributed by atoms with E-state index < -0.39 is 20.1 Å². The Balaban J connectivity index is 1.28. The summed E-state index contributed by atoms with van der Waals surface area (Å²) in [6.07, 6.45) is 1.86. The van der Waals surface area contributed by atoms with Crippen LogP contribution in [0.1, 0.15) is 41.6 Å². The van der Waals surface area contributed by atoms with Crippen molar-refractivity contribution in [3.05, 3.63) is 111 Å². The highest BCUT2D eigenvalue weighted by molar-refractivity contribution is 14.1. The van der Waals surface area contributed by atoms with Crippen molar-refractivity contribution in [1.29, 1.82) is 0 Å². The molecule has 4 aromatic rings. The molecule has 1 aromatic heterocycles. The molecule has 3 heterocycles. The molecule has 10 heteroatoms. The second kappa shape index (κ2) is 11.9. The fourth-order valence-electron chi connectivity index (χ4n) is 7.14. The maximum Gasteiger partial charge on any atom is 0.264 e. The van der Waals surface area contributed by atoms with Crippen LogP contribution in [0.5, 0.6) is 0 Å². The Morgan fingerprint density at radius 1 is 1.09 bits per heavy atom. The molecule has 0 aliphatic carbocycles. The summed E-state index contributed by atoms with van der Waals surface area (Å²) in [4.78, 5) is 16.3. The van der Waals surface area contributed by atoms with E-state index in [0.29, 0.717) is 25.2 Å². The second-order valence-corrected chi connectivity index (χ2v) is 17.2. The highest BCUT2D eigenvalue weighted by atomic mass is 127. The molecule has 0 saturated carbocycles. The first kappa shape index (κ1) is 30.1. The van der Waals surface area contributed by atoms with Crippen LogP contribution in [0, 0.1) is 9.49 Å². The standard InChI is InChI=1S/C33H36FIN4O3Si/c1-22-31(43(2,3)34)30(16-17-38-20-28(36-37-38)26(21-40)24-11-5-4-6-12-24)42-33(22)27-14-7-8-15-29(27)39(32(33)41)19-23-10-9-13-25(35)18-23/h4-15,18,20,22,26,30-31,40H,16-17,19,21H2,1-3H3/t22-,26?,30+,31-,33+/m1/s1. The maximum atomic E-state index is 16.2. The van der Waals surface area contributed by atoms with E-state index in [9.17, 15) is 9.90 Å². The van der Waals surface area contributed by atoms with Gasteiger partial charge < -0.3 is 18.9 Å². The third-order valence-corrected chi connectivity index (χ3v) is 12.2. The van der Waals surface area contributed by atoms with E-state index in [2.05, 4.69) is 39.0 Å². The lowest BCUT2D eigenvalue weighted by Gasteiger charge is -2.31. The van der Waals surface area contributed by atoms with Crippen LogP contribution in [0.15, 0.2) is 85.1 Å². The van der Waals surface area contributed by atoms with Crippen molar-refractivity contribution in [2.45, 2.75) is 62.7 Å². The third kappa shape index (κ3) is 5.47. The summed E-state index contributed by atoms with van der Waals surface area (Å²) in [7, 11) is -3.27. The van der Waals surface area contributed by atoms with Gasteiger partial charge in [0.05, 0.1) is 36.6 Å². The average molecular weight is 711 g/mol. The minimum atomic E-state index is -3.27.